The Hall–Kier alpha value is -0.500. The third-order valence-electron chi connectivity index (χ3n) is 2.33. The van der Waals surface area contributed by atoms with Crippen LogP contribution in [-0.2, 0) is 10.0 Å². The van der Waals surface area contributed by atoms with Crippen molar-refractivity contribution in [2.24, 2.45) is 0 Å². The van der Waals surface area contributed by atoms with E-state index in [0.717, 1.165) is 10.4 Å². The maximum Gasteiger partial charge on any atom is 0.246 e. The molecule has 0 aliphatic heterocycles. The minimum Gasteiger partial charge on any atom is -0.395 e. The monoisotopic (exact) mass is 339 g/mol. The van der Waals surface area contributed by atoms with Crippen molar-refractivity contribution in [2.75, 3.05) is 19.7 Å². The minimum absolute atomic E-state index is 0.0360. The van der Waals surface area contributed by atoms with Gasteiger partial charge in [0.05, 0.1) is 6.61 Å². The fraction of sp³-hybridized carbons (Fsp3) is 0.455. The van der Waals surface area contributed by atoms with Gasteiger partial charge in [0.1, 0.15) is 10.7 Å². The average molecular weight is 340 g/mol. The van der Waals surface area contributed by atoms with Crippen LogP contribution in [0.5, 0.6) is 0 Å². The minimum atomic E-state index is -3.90. The van der Waals surface area contributed by atoms with Crippen molar-refractivity contribution in [3.05, 3.63) is 28.5 Å². The van der Waals surface area contributed by atoms with Gasteiger partial charge in [0.2, 0.25) is 10.0 Å². The summed E-state index contributed by atoms with van der Waals surface area (Å²) < 4.78 is 39.7. The number of aliphatic hydroxyl groups excluding tert-OH is 1. The molecule has 0 saturated carbocycles. The zero-order valence-electron chi connectivity index (χ0n) is 9.94. The summed E-state index contributed by atoms with van der Waals surface area (Å²) >= 11 is 3.07. The number of halogens is 2. The van der Waals surface area contributed by atoms with Gasteiger partial charge in [-0.2, -0.15) is 4.31 Å². The fourth-order valence-corrected chi connectivity index (χ4v) is 3.44. The largest absolute Gasteiger partial charge is 0.395 e. The van der Waals surface area contributed by atoms with Crippen molar-refractivity contribution < 1.29 is 17.9 Å². The van der Waals surface area contributed by atoms with Gasteiger partial charge in [-0.1, -0.05) is 22.9 Å². The zero-order valence-corrected chi connectivity index (χ0v) is 12.3. The third-order valence-corrected chi connectivity index (χ3v) is 4.76. The van der Waals surface area contributed by atoms with Crippen LogP contribution in [0.3, 0.4) is 0 Å². The first-order valence-corrected chi connectivity index (χ1v) is 7.72. The van der Waals surface area contributed by atoms with E-state index in [0.29, 0.717) is 10.9 Å². The Morgan fingerprint density at radius 1 is 1.39 bits per heavy atom. The lowest BCUT2D eigenvalue weighted by Gasteiger charge is -2.20. The van der Waals surface area contributed by atoms with Gasteiger partial charge >= 0.3 is 0 Å². The standard InChI is InChI=1S/C11H15BrFNO3S/c1-2-5-14(6-7-15)18(16,17)11-4-3-9(12)8-10(11)13/h3-4,8,15H,2,5-7H2,1H3. The molecule has 0 aliphatic carbocycles. The Bertz CT molecular complexity index is 501. The zero-order chi connectivity index (χ0) is 13.8. The van der Waals surface area contributed by atoms with E-state index in [-0.39, 0.29) is 24.6 Å². The third kappa shape index (κ3) is 3.50. The van der Waals surface area contributed by atoms with Crippen LogP contribution < -0.4 is 0 Å². The maximum absolute atomic E-state index is 13.7. The van der Waals surface area contributed by atoms with Crippen LogP contribution in [-0.4, -0.2) is 37.5 Å². The molecule has 4 nitrogen and oxygen atoms in total. The van der Waals surface area contributed by atoms with E-state index in [1.54, 1.807) is 0 Å². The molecule has 1 rings (SSSR count). The highest BCUT2D eigenvalue weighted by molar-refractivity contribution is 9.10. The van der Waals surface area contributed by atoms with Crippen LogP contribution in [0.25, 0.3) is 0 Å². The molecule has 0 aliphatic rings. The van der Waals surface area contributed by atoms with E-state index in [1.165, 1.54) is 12.1 Å². The van der Waals surface area contributed by atoms with Gasteiger partial charge in [0, 0.05) is 17.6 Å². The number of rotatable bonds is 6. The molecular weight excluding hydrogens is 325 g/mol. The average Bonchev–Trinajstić information content (AvgIpc) is 2.28. The maximum atomic E-state index is 13.7. The van der Waals surface area contributed by atoms with Crippen molar-refractivity contribution in [3.63, 3.8) is 0 Å². The highest BCUT2D eigenvalue weighted by Gasteiger charge is 2.26. The summed E-state index contributed by atoms with van der Waals surface area (Å²) in [7, 11) is -3.90. The highest BCUT2D eigenvalue weighted by atomic mass is 79.9. The van der Waals surface area contributed by atoms with Gasteiger partial charge in [0.15, 0.2) is 0 Å². The second kappa shape index (κ2) is 6.60. The van der Waals surface area contributed by atoms with Gasteiger partial charge in [-0.15, -0.1) is 0 Å². The van der Waals surface area contributed by atoms with Gasteiger partial charge in [-0.25, -0.2) is 12.8 Å². The number of aliphatic hydroxyl groups is 1. The van der Waals surface area contributed by atoms with Crippen LogP contribution in [0.4, 0.5) is 4.39 Å². The lowest BCUT2D eigenvalue weighted by atomic mass is 10.3. The number of sulfonamides is 1. The SMILES string of the molecule is CCCN(CCO)S(=O)(=O)c1ccc(Br)cc1F. The molecule has 0 unspecified atom stereocenters. The molecule has 1 aromatic rings. The van der Waals surface area contributed by atoms with Crippen molar-refractivity contribution in [1.82, 2.24) is 4.31 Å². The molecule has 0 fully saturated rings. The molecule has 0 amide bonds. The van der Waals surface area contributed by atoms with Crippen molar-refractivity contribution in [2.45, 2.75) is 18.2 Å². The van der Waals surface area contributed by atoms with Crippen LogP contribution in [0.1, 0.15) is 13.3 Å². The summed E-state index contributed by atoms with van der Waals surface area (Å²) in [5.41, 5.74) is 0. The van der Waals surface area contributed by atoms with Crippen LogP contribution in [0.2, 0.25) is 0 Å². The fourth-order valence-electron chi connectivity index (χ4n) is 1.54. The number of hydrogen-bond acceptors (Lipinski definition) is 3. The highest BCUT2D eigenvalue weighted by Crippen LogP contribution is 2.22. The quantitative estimate of drug-likeness (QED) is 0.862. The molecule has 0 atom stereocenters. The Morgan fingerprint density at radius 3 is 2.56 bits per heavy atom. The van der Waals surface area contributed by atoms with Gasteiger partial charge in [0.25, 0.3) is 0 Å². The van der Waals surface area contributed by atoms with Crippen molar-refractivity contribution in [1.29, 1.82) is 0 Å². The van der Waals surface area contributed by atoms with Crippen molar-refractivity contribution >= 4 is 26.0 Å². The summed E-state index contributed by atoms with van der Waals surface area (Å²) in [6.45, 7) is 1.74. The van der Waals surface area contributed by atoms with E-state index in [1.807, 2.05) is 6.92 Å². The van der Waals surface area contributed by atoms with E-state index >= 15 is 0 Å². The van der Waals surface area contributed by atoms with Crippen LogP contribution in [0.15, 0.2) is 27.6 Å². The molecule has 0 radical (unpaired) electrons. The summed E-state index contributed by atoms with van der Waals surface area (Å²) in [6.07, 6.45) is 0.595. The predicted octanol–water partition coefficient (Wildman–Crippen LogP) is 1.98. The van der Waals surface area contributed by atoms with Gasteiger partial charge in [-0.05, 0) is 24.6 Å². The molecule has 0 saturated heterocycles. The Balaban J connectivity index is 3.17. The smallest absolute Gasteiger partial charge is 0.246 e. The summed E-state index contributed by atoms with van der Waals surface area (Å²) in [5, 5.41) is 8.88. The van der Waals surface area contributed by atoms with E-state index < -0.39 is 15.8 Å². The first-order valence-electron chi connectivity index (χ1n) is 5.49. The summed E-state index contributed by atoms with van der Waals surface area (Å²) in [6, 6.07) is 3.80. The first kappa shape index (κ1) is 15.6. The molecule has 18 heavy (non-hydrogen) atoms. The van der Waals surface area contributed by atoms with Crippen LogP contribution >= 0.6 is 15.9 Å². The summed E-state index contributed by atoms with van der Waals surface area (Å²) in [5.74, 6) is -0.802. The number of benzene rings is 1. The normalized spacial score (nSPS) is 12.1. The second-order valence-corrected chi connectivity index (χ2v) is 6.52. The van der Waals surface area contributed by atoms with Gasteiger partial charge < -0.3 is 5.11 Å². The molecule has 1 N–H and O–H groups in total. The lowest BCUT2D eigenvalue weighted by Crippen LogP contribution is -2.34. The molecule has 0 heterocycles. The van der Waals surface area contributed by atoms with Crippen molar-refractivity contribution in [3.8, 4) is 0 Å². The molecule has 0 aromatic heterocycles. The molecule has 7 heteroatoms. The Labute approximate surface area is 115 Å². The number of hydrogen-bond donors (Lipinski definition) is 1. The van der Waals surface area contributed by atoms with E-state index in [9.17, 15) is 12.8 Å². The second-order valence-electron chi connectivity index (χ2n) is 3.70. The topological polar surface area (TPSA) is 57.6 Å². The summed E-state index contributed by atoms with van der Waals surface area (Å²) in [4.78, 5) is -0.368. The molecule has 102 valence electrons. The van der Waals surface area contributed by atoms with Gasteiger partial charge in [-0.3, -0.25) is 0 Å². The number of nitrogens with zero attached hydrogens (tertiary/aromatic N) is 1. The van der Waals surface area contributed by atoms with Crippen LogP contribution in [0, 0.1) is 5.82 Å². The van der Waals surface area contributed by atoms with E-state index in [2.05, 4.69) is 15.9 Å². The predicted molar refractivity (Wildman–Crippen MR) is 70.2 cm³/mol. The lowest BCUT2D eigenvalue weighted by molar-refractivity contribution is 0.253. The Kier molecular flexibility index (Phi) is 5.71. The molecular formula is C11H15BrFNO3S. The molecule has 0 bridgehead atoms. The Morgan fingerprint density at radius 2 is 2.06 bits per heavy atom. The molecule has 1 aromatic carbocycles. The molecule has 0 spiro atoms. The first-order chi connectivity index (χ1) is 8.43. The van der Waals surface area contributed by atoms with E-state index in [4.69, 9.17) is 5.11 Å².